The molecule has 0 saturated carbocycles. The van der Waals surface area contributed by atoms with Gasteiger partial charge in [0.15, 0.2) is 0 Å². The number of anilines is 1. The van der Waals surface area contributed by atoms with E-state index in [1.165, 1.54) is 6.07 Å². The molecule has 1 aromatic carbocycles. The van der Waals surface area contributed by atoms with Crippen molar-refractivity contribution in [3.63, 3.8) is 0 Å². The van der Waals surface area contributed by atoms with Crippen molar-refractivity contribution in [3.8, 4) is 0 Å². The Hall–Kier alpha value is -1.13. The van der Waals surface area contributed by atoms with Crippen LogP contribution in [0.25, 0.3) is 0 Å². The lowest BCUT2D eigenvalue weighted by Crippen LogP contribution is -2.28. The van der Waals surface area contributed by atoms with E-state index in [2.05, 4.69) is 6.92 Å². The van der Waals surface area contributed by atoms with Gasteiger partial charge < -0.3 is 15.1 Å². The van der Waals surface area contributed by atoms with Gasteiger partial charge in [-0.15, -0.1) is 0 Å². The van der Waals surface area contributed by atoms with Crippen molar-refractivity contribution in [1.82, 2.24) is 0 Å². The molecule has 0 spiro atoms. The number of rotatable bonds is 7. The fourth-order valence-corrected chi connectivity index (χ4v) is 1.86. The second-order valence-electron chi connectivity index (χ2n) is 4.45. The van der Waals surface area contributed by atoms with Crippen LogP contribution in [0.15, 0.2) is 18.2 Å². The third kappa shape index (κ3) is 3.96. The quantitative estimate of drug-likeness (QED) is 0.786. The topological polar surface area (TPSA) is 43.7 Å². The molecule has 0 aliphatic rings. The molecule has 102 valence electrons. The molecule has 0 unspecified atom stereocenters. The van der Waals surface area contributed by atoms with Crippen LogP contribution < -0.4 is 4.90 Å². The van der Waals surface area contributed by atoms with Gasteiger partial charge in [0.2, 0.25) is 0 Å². The van der Waals surface area contributed by atoms with Gasteiger partial charge in [-0.05, 0) is 31.0 Å². The lowest BCUT2D eigenvalue weighted by molar-refractivity contribution is 0.199. The first kappa shape index (κ1) is 14.9. The van der Waals surface area contributed by atoms with E-state index >= 15 is 0 Å². The molecule has 3 nitrogen and oxygen atoms in total. The molecule has 0 radical (unpaired) electrons. The van der Waals surface area contributed by atoms with E-state index in [-0.39, 0.29) is 12.4 Å². The van der Waals surface area contributed by atoms with Crippen LogP contribution in [0.5, 0.6) is 0 Å². The molecule has 4 heteroatoms. The Kier molecular flexibility index (Phi) is 6.09. The number of halogens is 1. The largest absolute Gasteiger partial charge is 0.395 e. The Morgan fingerprint density at radius 2 is 2.06 bits per heavy atom. The zero-order valence-corrected chi connectivity index (χ0v) is 11.1. The van der Waals surface area contributed by atoms with Gasteiger partial charge in [0.05, 0.1) is 18.4 Å². The van der Waals surface area contributed by atoms with Gasteiger partial charge >= 0.3 is 0 Å². The summed E-state index contributed by atoms with van der Waals surface area (Å²) in [6.45, 7) is 4.83. The number of nitrogens with zero attached hydrogens (tertiary/aromatic N) is 1. The van der Waals surface area contributed by atoms with Gasteiger partial charge in [-0.1, -0.05) is 19.4 Å². The summed E-state index contributed by atoms with van der Waals surface area (Å²) in [5.41, 5.74) is 1.05. The number of aliphatic hydroxyl groups is 2. The highest BCUT2D eigenvalue weighted by Gasteiger charge is 2.12. The molecule has 0 fully saturated rings. The van der Waals surface area contributed by atoms with Crippen LogP contribution in [0.1, 0.15) is 38.4 Å². The first-order valence-electron chi connectivity index (χ1n) is 6.43. The van der Waals surface area contributed by atoms with Crippen molar-refractivity contribution in [2.24, 2.45) is 0 Å². The second kappa shape index (κ2) is 7.34. The van der Waals surface area contributed by atoms with Crippen LogP contribution in [0.3, 0.4) is 0 Å². The average Bonchev–Trinajstić information content (AvgIpc) is 2.34. The maximum atomic E-state index is 14.0. The monoisotopic (exact) mass is 255 g/mol. The maximum Gasteiger partial charge on any atom is 0.146 e. The zero-order chi connectivity index (χ0) is 13.5. The lowest BCUT2D eigenvalue weighted by Gasteiger charge is -2.24. The normalized spacial score (nSPS) is 12.5. The number of benzene rings is 1. The van der Waals surface area contributed by atoms with Crippen LogP contribution in [0.2, 0.25) is 0 Å². The standard InChI is InChI=1S/C14H22FNO2/c1-3-4-7-16(8-9-17)14-6-5-12(11(2)18)10-13(14)15/h5-6,10-11,17-18H,3-4,7-9H2,1-2H3/t11-/m1/s1. The number of hydrogen-bond acceptors (Lipinski definition) is 3. The van der Waals surface area contributed by atoms with E-state index in [4.69, 9.17) is 5.11 Å². The first-order chi connectivity index (χ1) is 8.60. The minimum absolute atomic E-state index is 0.00130. The molecule has 1 atom stereocenters. The van der Waals surface area contributed by atoms with Crippen molar-refractivity contribution in [2.45, 2.75) is 32.8 Å². The van der Waals surface area contributed by atoms with Gasteiger partial charge in [-0.2, -0.15) is 0 Å². The van der Waals surface area contributed by atoms with E-state index < -0.39 is 6.10 Å². The molecule has 0 aliphatic carbocycles. The summed E-state index contributed by atoms with van der Waals surface area (Å²) in [4.78, 5) is 1.84. The fourth-order valence-electron chi connectivity index (χ4n) is 1.86. The molecule has 18 heavy (non-hydrogen) atoms. The highest BCUT2D eigenvalue weighted by molar-refractivity contribution is 5.49. The Bertz CT molecular complexity index is 369. The summed E-state index contributed by atoms with van der Waals surface area (Å²) in [5, 5.41) is 18.4. The smallest absolute Gasteiger partial charge is 0.146 e. The van der Waals surface area contributed by atoms with Crippen LogP contribution in [0.4, 0.5) is 10.1 Å². The molecule has 0 aromatic heterocycles. The molecular weight excluding hydrogens is 233 g/mol. The molecule has 0 aliphatic heterocycles. The Morgan fingerprint density at radius 3 is 2.56 bits per heavy atom. The first-order valence-corrected chi connectivity index (χ1v) is 6.43. The van der Waals surface area contributed by atoms with E-state index in [9.17, 15) is 9.50 Å². The lowest BCUT2D eigenvalue weighted by atomic mass is 10.1. The van der Waals surface area contributed by atoms with Gasteiger partial charge in [0, 0.05) is 13.1 Å². The minimum atomic E-state index is -0.671. The predicted molar refractivity (Wildman–Crippen MR) is 71.2 cm³/mol. The predicted octanol–water partition coefficient (Wildman–Crippen LogP) is 2.48. The van der Waals surface area contributed by atoms with Gasteiger partial charge in [-0.25, -0.2) is 4.39 Å². The molecular formula is C14H22FNO2. The minimum Gasteiger partial charge on any atom is -0.395 e. The highest BCUT2D eigenvalue weighted by atomic mass is 19.1. The van der Waals surface area contributed by atoms with E-state index in [1.807, 2.05) is 4.90 Å². The molecule has 0 heterocycles. The SMILES string of the molecule is CCCCN(CCO)c1ccc([C@@H](C)O)cc1F. The van der Waals surface area contributed by atoms with Crippen molar-refractivity contribution in [1.29, 1.82) is 0 Å². The molecule has 0 bridgehead atoms. The van der Waals surface area contributed by atoms with Crippen molar-refractivity contribution in [3.05, 3.63) is 29.6 Å². The summed E-state index contributed by atoms with van der Waals surface area (Å²) < 4.78 is 14.0. The Labute approximate surface area is 108 Å². The summed E-state index contributed by atoms with van der Waals surface area (Å²) in [6.07, 6.45) is 1.31. The highest BCUT2D eigenvalue weighted by Crippen LogP contribution is 2.23. The van der Waals surface area contributed by atoms with Gasteiger partial charge in [0.25, 0.3) is 0 Å². The average molecular weight is 255 g/mol. The summed E-state index contributed by atoms with van der Waals surface area (Å²) in [6, 6.07) is 4.75. The summed E-state index contributed by atoms with van der Waals surface area (Å²) in [5.74, 6) is -0.349. The van der Waals surface area contributed by atoms with Crippen LogP contribution >= 0.6 is 0 Å². The van der Waals surface area contributed by atoms with Crippen LogP contribution in [-0.4, -0.2) is 29.9 Å². The van der Waals surface area contributed by atoms with Crippen molar-refractivity contribution < 1.29 is 14.6 Å². The van der Waals surface area contributed by atoms with Gasteiger partial charge in [0.1, 0.15) is 5.82 Å². The van der Waals surface area contributed by atoms with Crippen molar-refractivity contribution in [2.75, 3.05) is 24.6 Å². The van der Waals surface area contributed by atoms with Crippen LogP contribution in [0, 0.1) is 5.82 Å². The van der Waals surface area contributed by atoms with E-state index in [0.717, 1.165) is 19.4 Å². The summed E-state index contributed by atoms with van der Waals surface area (Å²) in [7, 11) is 0. The molecule has 0 amide bonds. The molecule has 0 saturated heterocycles. The molecule has 1 rings (SSSR count). The zero-order valence-electron chi connectivity index (χ0n) is 11.1. The van der Waals surface area contributed by atoms with Crippen molar-refractivity contribution >= 4 is 5.69 Å². The third-order valence-electron chi connectivity index (χ3n) is 2.95. The second-order valence-corrected chi connectivity index (χ2v) is 4.45. The number of hydrogen-bond donors (Lipinski definition) is 2. The molecule has 2 N–H and O–H groups in total. The van der Waals surface area contributed by atoms with Crippen LogP contribution in [-0.2, 0) is 0 Å². The fraction of sp³-hybridized carbons (Fsp3) is 0.571. The third-order valence-corrected chi connectivity index (χ3v) is 2.95. The number of aliphatic hydroxyl groups excluding tert-OH is 2. The Balaban J connectivity index is 2.90. The van der Waals surface area contributed by atoms with E-state index in [1.54, 1.807) is 19.1 Å². The van der Waals surface area contributed by atoms with E-state index in [0.29, 0.717) is 17.8 Å². The Morgan fingerprint density at radius 1 is 1.33 bits per heavy atom. The molecule has 1 aromatic rings. The van der Waals surface area contributed by atoms with Gasteiger partial charge in [-0.3, -0.25) is 0 Å². The number of unbranched alkanes of at least 4 members (excludes halogenated alkanes) is 1. The maximum absolute atomic E-state index is 14.0. The summed E-state index contributed by atoms with van der Waals surface area (Å²) >= 11 is 0.